The van der Waals surface area contributed by atoms with Crippen molar-refractivity contribution in [1.29, 1.82) is 5.26 Å². The summed E-state index contributed by atoms with van der Waals surface area (Å²) >= 11 is 0. The van der Waals surface area contributed by atoms with E-state index in [2.05, 4.69) is 14.9 Å². The Hall–Kier alpha value is -4.13. The lowest BCUT2D eigenvalue weighted by Gasteiger charge is -2.32. The van der Waals surface area contributed by atoms with Crippen LogP contribution >= 0.6 is 0 Å². The molecule has 10 heteroatoms. The summed E-state index contributed by atoms with van der Waals surface area (Å²) in [5.41, 5.74) is 1.52. The zero-order valence-corrected chi connectivity index (χ0v) is 19.1. The normalized spacial score (nSPS) is 14.1. The Morgan fingerprint density at radius 3 is 2.44 bits per heavy atom. The summed E-state index contributed by atoms with van der Waals surface area (Å²) in [6.07, 6.45) is 4.61. The number of nitrogens with zero attached hydrogens (tertiary/aromatic N) is 6. The summed E-state index contributed by atoms with van der Waals surface area (Å²) in [4.78, 5) is 35.5. The Bertz CT molecular complexity index is 1260. The van der Waals surface area contributed by atoms with Gasteiger partial charge in [0.05, 0.1) is 35.2 Å². The first-order valence-corrected chi connectivity index (χ1v) is 11.2. The molecule has 2 aromatic heterocycles. The second-order valence-corrected chi connectivity index (χ2v) is 8.22. The fourth-order valence-electron chi connectivity index (χ4n) is 4.15. The maximum Gasteiger partial charge on any atom is 0.341 e. The number of nitriles is 1. The van der Waals surface area contributed by atoms with E-state index in [1.54, 1.807) is 42.7 Å². The van der Waals surface area contributed by atoms with Crippen LogP contribution in [0.5, 0.6) is 5.88 Å². The van der Waals surface area contributed by atoms with Gasteiger partial charge in [-0.1, -0.05) is 0 Å². The third kappa shape index (κ3) is 4.50. The van der Waals surface area contributed by atoms with Gasteiger partial charge in [-0.25, -0.2) is 24.1 Å². The van der Waals surface area contributed by atoms with Crippen molar-refractivity contribution in [2.45, 2.75) is 33.2 Å². The number of imidazole rings is 1. The first kappa shape index (κ1) is 23.0. The second kappa shape index (κ2) is 9.79. The molecule has 1 aliphatic heterocycles. The number of benzene rings is 1. The number of rotatable bonds is 6. The maximum atomic E-state index is 13.1. The van der Waals surface area contributed by atoms with Gasteiger partial charge in [-0.2, -0.15) is 5.26 Å². The summed E-state index contributed by atoms with van der Waals surface area (Å²) in [6, 6.07) is 8.57. The molecule has 10 nitrogen and oxygen atoms in total. The molecule has 0 bridgehead atoms. The van der Waals surface area contributed by atoms with Crippen LogP contribution in [0.25, 0.3) is 5.69 Å². The zero-order valence-electron chi connectivity index (χ0n) is 19.1. The van der Waals surface area contributed by atoms with Crippen molar-refractivity contribution in [3.63, 3.8) is 0 Å². The number of carbonyl (C=O) groups excluding carboxylic acids is 1. The molecule has 4 rings (SSSR count). The highest BCUT2D eigenvalue weighted by atomic mass is 16.5. The van der Waals surface area contributed by atoms with Gasteiger partial charge in [-0.15, -0.1) is 0 Å². The number of aromatic hydroxyl groups is 1. The van der Waals surface area contributed by atoms with E-state index in [4.69, 9.17) is 10.00 Å². The molecule has 34 heavy (non-hydrogen) atoms. The highest BCUT2D eigenvalue weighted by molar-refractivity contribution is 5.88. The molecule has 1 N–H and O–H groups in total. The Balaban J connectivity index is 1.43. The molecule has 0 radical (unpaired) electrons. The zero-order chi connectivity index (χ0) is 24.2. The van der Waals surface area contributed by atoms with Crippen LogP contribution in [-0.2, 0) is 11.3 Å². The molecule has 1 saturated heterocycles. The van der Waals surface area contributed by atoms with Gasteiger partial charge in [0, 0.05) is 32.0 Å². The van der Waals surface area contributed by atoms with Crippen LogP contribution in [0.4, 0.5) is 5.95 Å². The Morgan fingerprint density at radius 2 is 1.85 bits per heavy atom. The minimum Gasteiger partial charge on any atom is -0.493 e. The van der Waals surface area contributed by atoms with Crippen LogP contribution in [-0.4, -0.2) is 49.9 Å². The molecule has 0 amide bonds. The lowest BCUT2D eigenvalue weighted by molar-refractivity contribution is 0.0525. The molecule has 1 aromatic carbocycles. The standard InChI is InChI=1S/C24H26N6O4/c1-3-34-22(32)19-13-26-23(27-14-19)28-10-8-18(9-11-28)15-29-16(2)21(31)30(24(29)33)20-6-4-17(12-25)5-7-20/h4-7,13-14,18,31H,3,8-11,15H2,1-2H3. The van der Waals surface area contributed by atoms with Gasteiger partial charge in [0.25, 0.3) is 0 Å². The summed E-state index contributed by atoms with van der Waals surface area (Å²) in [5.74, 6) is 0.277. The third-order valence-corrected chi connectivity index (χ3v) is 6.10. The van der Waals surface area contributed by atoms with Crippen LogP contribution in [0.15, 0.2) is 41.5 Å². The van der Waals surface area contributed by atoms with Crippen LogP contribution in [0.3, 0.4) is 0 Å². The molecule has 0 unspecified atom stereocenters. The van der Waals surface area contributed by atoms with E-state index in [9.17, 15) is 14.7 Å². The quantitative estimate of drug-likeness (QED) is 0.554. The Morgan fingerprint density at radius 1 is 1.21 bits per heavy atom. The predicted molar refractivity (Wildman–Crippen MR) is 124 cm³/mol. The number of ether oxygens (including phenoxy) is 1. The van der Waals surface area contributed by atoms with Crippen molar-refractivity contribution < 1.29 is 14.6 Å². The molecule has 3 aromatic rings. The van der Waals surface area contributed by atoms with Gasteiger partial charge in [0.2, 0.25) is 11.8 Å². The van der Waals surface area contributed by atoms with E-state index in [0.717, 1.165) is 25.9 Å². The molecule has 0 spiro atoms. The highest BCUT2D eigenvalue weighted by Gasteiger charge is 2.25. The van der Waals surface area contributed by atoms with Crippen LogP contribution < -0.4 is 10.6 Å². The fraction of sp³-hybridized carbons (Fsp3) is 0.375. The molecular weight excluding hydrogens is 436 g/mol. The first-order valence-electron chi connectivity index (χ1n) is 11.2. The summed E-state index contributed by atoms with van der Waals surface area (Å²) in [7, 11) is 0. The topological polar surface area (TPSA) is 126 Å². The number of hydrogen-bond acceptors (Lipinski definition) is 8. The Kier molecular flexibility index (Phi) is 6.63. The SMILES string of the molecule is CCOC(=O)c1cnc(N2CCC(Cn3c(C)c(O)n(-c4ccc(C#N)cc4)c3=O)CC2)nc1. The summed E-state index contributed by atoms with van der Waals surface area (Å²) in [6.45, 7) is 5.71. The van der Waals surface area contributed by atoms with Gasteiger partial charge in [0.1, 0.15) is 0 Å². The molecule has 3 heterocycles. The molecular formula is C24H26N6O4. The first-order chi connectivity index (χ1) is 16.4. The van der Waals surface area contributed by atoms with E-state index in [1.807, 2.05) is 6.07 Å². The lowest BCUT2D eigenvalue weighted by Crippen LogP contribution is -2.37. The van der Waals surface area contributed by atoms with Crippen molar-refractivity contribution in [2.75, 3.05) is 24.6 Å². The van der Waals surface area contributed by atoms with Crippen LogP contribution in [0.1, 0.15) is 41.4 Å². The fourth-order valence-corrected chi connectivity index (χ4v) is 4.15. The molecule has 0 saturated carbocycles. The minimum atomic E-state index is -0.440. The number of carbonyl (C=O) groups is 1. The number of esters is 1. The summed E-state index contributed by atoms with van der Waals surface area (Å²) in [5, 5.41) is 19.6. The van der Waals surface area contributed by atoms with Crippen LogP contribution in [0, 0.1) is 24.2 Å². The maximum absolute atomic E-state index is 13.1. The molecule has 176 valence electrons. The molecule has 0 aliphatic carbocycles. The number of piperidine rings is 1. The van der Waals surface area contributed by atoms with Gasteiger partial charge < -0.3 is 14.7 Å². The highest BCUT2D eigenvalue weighted by Crippen LogP contribution is 2.25. The molecule has 0 atom stereocenters. The van der Waals surface area contributed by atoms with E-state index >= 15 is 0 Å². The summed E-state index contributed by atoms with van der Waals surface area (Å²) < 4.78 is 7.84. The minimum absolute atomic E-state index is 0.0952. The molecule has 1 fully saturated rings. The monoisotopic (exact) mass is 462 g/mol. The van der Waals surface area contributed by atoms with Crippen molar-refractivity contribution in [1.82, 2.24) is 19.1 Å². The molecule has 1 aliphatic rings. The largest absolute Gasteiger partial charge is 0.493 e. The Labute approximate surface area is 196 Å². The predicted octanol–water partition coefficient (Wildman–Crippen LogP) is 2.41. The number of aromatic nitrogens is 4. The van der Waals surface area contributed by atoms with Crippen molar-refractivity contribution in [2.24, 2.45) is 5.92 Å². The number of hydrogen-bond donors (Lipinski definition) is 1. The van der Waals surface area contributed by atoms with Crippen molar-refractivity contribution in [3.05, 3.63) is 64.0 Å². The van der Waals surface area contributed by atoms with E-state index in [-0.39, 0.29) is 17.5 Å². The van der Waals surface area contributed by atoms with Crippen LogP contribution in [0.2, 0.25) is 0 Å². The van der Waals surface area contributed by atoms with Crippen molar-refractivity contribution >= 4 is 11.9 Å². The average Bonchev–Trinajstić information content (AvgIpc) is 3.08. The van der Waals surface area contributed by atoms with E-state index < -0.39 is 5.97 Å². The van der Waals surface area contributed by atoms with Gasteiger partial charge in [0.15, 0.2) is 0 Å². The van der Waals surface area contributed by atoms with Crippen molar-refractivity contribution in [3.8, 4) is 17.6 Å². The lowest BCUT2D eigenvalue weighted by atomic mass is 9.97. The van der Waals surface area contributed by atoms with Gasteiger partial charge in [-0.3, -0.25) is 4.57 Å². The average molecular weight is 463 g/mol. The third-order valence-electron chi connectivity index (χ3n) is 6.10. The van der Waals surface area contributed by atoms with E-state index in [1.165, 1.54) is 17.0 Å². The van der Waals surface area contributed by atoms with E-state index in [0.29, 0.717) is 41.6 Å². The smallest absolute Gasteiger partial charge is 0.341 e. The van der Waals surface area contributed by atoms with Gasteiger partial charge >= 0.3 is 11.7 Å². The number of anilines is 1. The second-order valence-electron chi connectivity index (χ2n) is 8.22. The van der Waals surface area contributed by atoms with Gasteiger partial charge in [-0.05, 0) is 56.9 Å².